The zero-order chi connectivity index (χ0) is 14.7. The van der Waals surface area contributed by atoms with Gasteiger partial charge in [0.05, 0.1) is 16.6 Å². The molecule has 0 aromatic carbocycles. The molecule has 0 fully saturated rings. The Morgan fingerprint density at radius 1 is 1.55 bits per heavy atom. The number of rotatable bonds is 5. The van der Waals surface area contributed by atoms with Crippen LogP contribution in [0, 0.1) is 0 Å². The Bertz CT molecular complexity index is 612. The van der Waals surface area contributed by atoms with E-state index in [0.29, 0.717) is 23.4 Å². The topological polar surface area (TPSA) is 77.0 Å². The Morgan fingerprint density at radius 2 is 2.30 bits per heavy atom. The van der Waals surface area contributed by atoms with Crippen LogP contribution in [0.4, 0.5) is 5.95 Å². The highest BCUT2D eigenvalue weighted by Gasteiger charge is 2.13. The first-order valence-corrected chi connectivity index (χ1v) is 7.91. The predicted molar refractivity (Wildman–Crippen MR) is 81.9 cm³/mol. The van der Waals surface area contributed by atoms with Crippen LogP contribution in [0.3, 0.4) is 0 Å². The first-order valence-electron chi connectivity index (χ1n) is 5.73. The molecule has 2 aromatic heterocycles. The van der Waals surface area contributed by atoms with E-state index in [0.717, 1.165) is 9.21 Å². The molecule has 0 bridgehead atoms. The van der Waals surface area contributed by atoms with Gasteiger partial charge < -0.3 is 10.6 Å². The molecule has 0 spiro atoms. The molecule has 20 heavy (non-hydrogen) atoms. The third-order valence-corrected chi connectivity index (χ3v) is 4.86. The van der Waals surface area contributed by atoms with Crippen LogP contribution in [0.15, 0.2) is 17.3 Å². The van der Waals surface area contributed by atoms with Crippen LogP contribution < -0.4 is 5.73 Å². The lowest BCUT2D eigenvalue weighted by atomic mass is 10.4. The maximum absolute atomic E-state index is 12.0. The van der Waals surface area contributed by atoms with Gasteiger partial charge in [0.1, 0.15) is 0 Å². The number of thiophene rings is 1. The van der Waals surface area contributed by atoms with Crippen molar-refractivity contribution in [2.45, 2.75) is 11.7 Å². The monoisotopic (exact) mass is 331 g/mol. The minimum Gasteiger partial charge on any atom is -0.368 e. The lowest BCUT2D eigenvalue weighted by Crippen LogP contribution is -2.27. The number of halogens is 1. The summed E-state index contributed by atoms with van der Waals surface area (Å²) >= 11 is 8.66. The number of nitrogen functional groups attached to an aromatic ring is 1. The molecule has 108 valence electrons. The van der Waals surface area contributed by atoms with Crippen LogP contribution >= 0.6 is 34.7 Å². The van der Waals surface area contributed by atoms with Gasteiger partial charge in [0, 0.05) is 19.0 Å². The maximum atomic E-state index is 12.0. The molecule has 0 unspecified atom stereocenters. The second-order valence-corrected chi connectivity index (χ2v) is 6.89. The smallest absolute Gasteiger partial charge is 0.233 e. The molecule has 1 amide bonds. The molecule has 6 nitrogen and oxygen atoms in total. The van der Waals surface area contributed by atoms with Crippen molar-refractivity contribution in [1.29, 1.82) is 0 Å². The van der Waals surface area contributed by atoms with E-state index in [1.165, 1.54) is 23.1 Å². The summed E-state index contributed by atoms with van der Waals surface area (Å²) in [5, 5.41) is 8.27. The van der Waals surface area contributed by atoms with Gasteiger partial charge in [-0.15, -0.1) is 21.5 Å². The molecule has 0 radical (unpaired) electrons. The summed E-state index contributed by atoms with van der Waals surface area (Å²) in [5.74, 6) is 0.643. The van der Waals surface area contributed by atoms with Gasteiger partial charge in [0.15, 0.2) is 5.16 Å². The number of aromatic nitrogens is 3. The maximum Gasteiger partial charge on any atom is 0.233 e. The molecule has 0 aliphatic heterocycles. The first-order chi connectivity index (χ1) is 9.47. The van der Waals surface area contributed by atoms with Gasteiger partial charge in [-0.25, -0.2) is 0 Å². The van der Waals surface area contributed by atoms with Gasteiger partial charge in [-0.2, -0.15) is 0 Å². The molecule has 2 heterocycles. The van der Waals surface area contributed by atoms with E-state index in [-0.39, 0.29) is 5.91 Å². The largest absolute Gasteiger partial charge is 0.368 e. The molecular weight excluding hydrogens is 318 g/mol. The van der Waals surface area contributed by atoms with Crippen molar-refractivity contribution in [1.82, 2.24) is 19.7 Å². The molecule has 2 N–H and O–H groups in total. The zero-order valence-corrected chi connectivity index (χ0v) is 13.4. The zero-order valence-electron chi connectivity index (χ0n) is 11.0. The highest BCUT2D eigenvalue weighted by atomic mass is 35.5. The van der Waals surface area contributed by atoms with Crippen LogP contribution in [0.5, 0.6) is 0 Å². The molecule has 2 aromatic rings. The fraction of sp³-hybridized carbons (Fsp3) is 0.364. The molecular formula is C11H14ClN5OS2. The van der Waals surface area contributed by atoms with Crippen LogP contribution in [-0.2, 0) is 18.4 Å². The number of carbonyl (C=O) groups is 1. The predicted octanol–water partition coefficient (Wildman–Crippen LogP) is 1.86. The highest BCUT2D eigenvalue weighted by molar-refractivity contribution is 7.99. The summed E-state index contributed by atoms with van der Waals surface area (Å²) in [5.41, 5.74) is 5.58. The van der Waals surface area contributed by atoms with Crippen LogP contribution in [-0.4, -0.2) is 38.4 Å². The quantitative estimate of drug-likeness (QED) is 0.846. The molecule has 0 saturated carbocycles. The number of carbonyl (C=O) groups excluding carboxylic acids is 1. The first kappa shape index (κ1) is 15.1. The lowest BCUT2D eigenvalue weighted by molar-refractivity contribution is -0.127. The minimum atomic E-state index is 0.0149. The minimum absolute atomic E-state index is 0.0149. The van der Waals surface area contributed by atoms with Crippen LogP contribution in [0.1, 0.15) is 4.88 Å². The van der Waals surface area contributed by atoms with Crippen molar-refractivity contribution in [2.24, 2.45) is 7.05 Å². The van der Waals surface area contributed by atoms with Gasteiger partial charge in [0.25, 0.3) is 0 Å². The number of thioether (sulfide) groups is 1. The summed E-state index contributed by atoms with van der Waals surface area (Å²) in [7, 11) is 3.53. The van der Waals surface area contributed by atoms with Crippen molar-refractivity contribution in [2.75, 3.05) is 18.5 Å². The molecule has 0 saturated heterocycles. The number of hydrogen-bond donors (Lipinski definition) is 1. The van der Waals surface area contributed by atoms with E-state index < -0.39 is 0 Å². The molecule has 0 atom stereocenters. The Morgan fingerprint density at radius 3 is 2.85 bits per heavy atom. The second kappa shape index (κ2) is 6.47. The lowest BCUT2D eigenvalue weighted by Gasteiger charge is -2.15. The van der Waals surface area contributed by atoms with Crippen molar-refractivity contribution in [3.05, 3.63) is 21.3 Å². The number of nitrogens with zero attached hydrogens (tertiary/aromatic N) is 4. The fourth-order valence-corrected chi connectivity index (χ4v) is 3.45. The molecule has 0 aliphatic carbocycles. The summed E-state index contributed by atoms with van der Waals surface area (Å²) in [6.07, 6.45) is 0. The average Bonchev–Trinajstić information content (AvgIpc) is 2.95. The summed E-state index contributed by atoms with van der Waals surface area (Å²) in [6.45, 7) is 0.553. The van der Waals surface area contributed by atoms with Crippen molar-refractivity contribution >= 4 is 46.6 Å². The number of amides is 1. The Balaban J connectivity index is 1.86. The highest BCUT2D eigenvalue weighted by Crippen LogP contribution is 2.23. The third kappa shape index (κ3) is 3.65. The standard InChI is InChI=1S/C11H14ClN5OS2/c1-16(5-7-3-4-8(12)20-7)9(18)6-19-11-15-14-10(13)17(11)2/h3-4H,5-6H2,1-2H3,(H2,13,14). The van der Waals surface area contributed by atoms with Crippen LogP contribution in [0.2, 0.25) is 4.34 Å². The number of nitrogens with two attached hydrogens (primary N) is 1. The van der Waals surface area contributed by atoms with Crippen molar-refractivity contribution in [3.63, 3.8) is 0 Å². The van der Waals surface area contributed by atoms with Gasteiger partial charge in [-0.1, -0.05) is 23.4 Å². The second-order valence-electron chi connectivity index (χ2n) is 4.14. The van der Waals surface area contributed by atoms with Gasteiger partial charge in [-0.05, 0) is 12.1 Å². The number of hydrogen-bond acceptors (Lipinski definition) is 6. The number of anilines is 1. The van der Waals surface area contributed by atoms with E-state index in [1.54, 1.807) is 23.6 Å². The van der Waals surface area contributed by atoms with E-state index in [9.17, 15) is 4.79 Å². The van der Waals surface area contributed by atoms with E-state index in [1.807, 2.05) is 12.1 Å². The average molecular weight is 332 g/mol. The van der Waals surface area contributed by atoms with E-state index in [2.05, 4.69) is 10.2 Å². The SMILES string of the molecule is CN(Cc1ccc(Cl)s1)C(=O)CSc1nnc(N)n1C. The summed E-state index contributed by atoms with van der Waals surface area (Å²) in [4.78, 5) is 14.7. The van der Waals surface area contributed by atoms with Gasteiger partial charge in [0.2, 0.25) is 11.9 Å². The summed E-state index contributed by atoms with van der Waals surface area (Å²) < 4.78 is 2.38. The van der Waals surface area contributed by atoms with Crippen molar-refractivity contribution in [3.8, 4) is 0 Å². The van der Waals surface area contributed by atoms with Gasteiger partial charge >= 0.3 is 0 Å². The normalized spacial score (nSPS) is 10.8. The molecule has 9 heteroatoms. The Labute approximate surface area is 129 Å². The Hall–Kier alpha value is -1.25. The fourth-order valence-electron chi connectivity index (χ4n) is 1.45. The van der Waals surface area contributed by atoms with Crippen LogP contribution in [0.25, 0.3) is 0 Å². The Kier molecular flexibility index (Phi) is 4.90. The van der Waals surface area contributed by atoms with Gasteiger partial charge in [-0.3, -0.25) is 9.36 Å². The van der Waals surface area contributed by atoms with E-state index in [4.69, 9.17) is 17.3 Å². The summed E-state index contributed by atoms with van der Waals surface area (Å²) in [6, 6.07) is 3.75. The van der Waals surface area contributed by atoms with E-state index >= 15 is 0 Å². The third-order valence-electron chi connectivity index (χ3n) is 2.64. The van der Waals surface area contributed by atoms with Crippen molar-refractivity contribution < 1.29 is 4.79 Å². The molecule has 2 rings (SSSR count). The molecule has 0 aliphatic rings.